The molecule has 0 saturated carbocycles. The van der Waals surface area contributed by atoms with E-state index in [0.29, 0.717) is 5.76 Å². The van der Waals surface area contributed by atoms with Crippen LogP contribution in [0, 0.1) is 0 Å². The molecule has 0 bridgehead atoms. The Hall–Kier alpha value is -0.810. The van der Waals surface area contributed by atoms with E-state index >= 15 is 0 Å². The highest BCUT2D eigenvalue weighted by Crippen LogP contribution is 2.24. The van der Waals surface area contributed by atoms with E-state index < -0.39 is 11.9 Å². The van der Waals surface area contributed by atoms with E-state index in [-0.39, 0.29) is 6.42 Å². The number of hydrogen-bond acceptors (Lipinski definition) is 3. The molecule has 4 nitrogen and oxygen atoms in total. The highest BCUT2D eigenvalue weighted by atomic mass is 79.9. The lowest BCUT2D eigenvalue weighted by Gasteiger charge is -2.05. The second-order valence-electron chi connectivity index (χ2n) is 2.41. The Morgan fingerprint density at radius 1 is 1.75 bits per heavy atom. The van der Waals surface area contributed by atoms with Crippen molar-refractivity contribution in [3.05, 3.63) is 22.6 Å². The predicted molar refractivity (Wildman–Crippen MR) is 47.1 cm³/mol. The van der Waals surface area contributed by atoms with Crippen LogP contribution in [-0.4, -0.2) is 5.91 Å². The smallest absolute Gasteiger partial charge is 0.219 e. The molecule has 66 valence electrons. The first-order valence-corrected chi connectivity index (χ1v) is 4.17. The van der Waals surface area contributed by atoms with Crippen molar-refractivity contribution in [1.29, 1.82) is 0 Å². The van der Waals surface area contributed by atoms with Gasteiger partial charge in [0, 0.05) is 6.42 Å². The summed E-state index contributed by atoms with van der Waals surface area (Å²) in [5.74, 6) is 0.111. The molecule has 1 amide bonds. The molecule has 4 N–H and O–H groups in total. The van der Waals surface area contributed by atoms with E-state index in [9.17, 15) is 4.79 Å². The van der Waals surface area contributed by atoms with Gasteiger partial charge in [0.25, 0.3) is 0 Å². The number of primary amides is 1. The molecule has 0 aliphatic carbocycles. The lowest BCUT2D eigenvalue weighted by atomic mass is 10.1. The summed E-state index contributed by atoms with van der Waals surface area (Å²) >= 11 is 3.23. The molecule has 1 rings (SSSR count). The van der Waals surface area contributed by atoms with Crippen LogP contribution in [0.5, 0.6) is 0 Å². The van der Waals surface area contributed by atoms with E-state index in [4.69, 9.17) is 15.9 Å². The summed E-state index contributed by atoms with van der Waals surface area (Å²) in [5.41, 5.74) is 10.6. The number of rotatable bonds is 3. The van der Waals surface area contributed by atoms with Gasteiger partial charge in [0.1, 0.15) is 5.76 Å². The highest BCUT2D eigenvalue weighted by molar-refractivity contribution is 9.10. The zero-order valence-electron chi connectivity index (χ0n) is 6.29. The van der Waals surface area contributed by atoms with Gasteiger partial charge in [-0.25, -0.2) is 0 Å². The fourth-order valence-electron chi connectivity index (χ4n) is 0.879. The topological polar surface area (TPSA) is 82.2 Å². The Labute approximate surface area is 78.0 Å². The van der Waals surface area contributed by atoms with E-state index in [1.807, 2.05) is 0 Å². The zero-order chi connectivity index (χ0) is 9.14. The number of amides is 1. The van der Waals surface area contributed by atoms with Crippen LogP contribution in [0.15, 0.2) is 21.2 Å². The van der Waals surface area contributed by atoms with Crippen molar-refractivity contribution in [3.63, 3.8) is 0 Å². The number of hydrogen-bond donors (Lipinski definition) is 2. The molecule has 0 aliphatic rings. The lowest BCUT2D eigenvalue weighted by Crippen LogP contribution is -2.20. The van der Waals surface area contributed by atoms with Gasteiger partial charge in [-0.15, -0.1) is 0 Å². The summed E-state index contributed by atoms with van der Waals surface area (Å²) in [5, 5.41) is 0. The molecule has 12 heavy (non-hydrogen) atoms. The van der Waals surface area contributed by atoms with Crippen LogP contribution in [0.4, 0.5) is 0 Å². The van der Waals surface area contributed by atoms with Gasteiger partial charge in [0.15, 0.2) is 0 Å². The largest absolute Gasteiger partial charge is 0.466 e. The summed E-state index contributed by atoms with van der Waals surface area (Å²) in [6, 6.07) is 1.25. The number of carbonyl (C=O) groups excluding carboxylic acids is 1. The molecule has 0 saturated heterocycles. The van der Waals surface area contributed by atoms with Gasteiger partial charge in [0.2, 0.25) is 5.91 Å². The van der Waals surface area contributed by atoms with Crippen LogP contribution in [0.25, 0.3) is 0 Å². The predicted octanol–water partition coefficient (Wildman–Crippen LogP) is 0.917. The van der Waals surface area contributed by atoms with Crippen molar-refractivity contribution in [1.82, 2.24) is 0 Å². The lowest BCUT2D eigenvalue weighted by molar-refractivity contribution is -0.118. The molecule has 0 aliphatic heterocycles. The molecule has 1 aromatic rings. The third-order valence-electron chi connectivity index (χ3n) is 1.40. The summed E-state index contributed by atoms with van der Waals surface area (Å²) in [7, 11) is 0. The van der Waals surface area contributed by atoms with Crippen LogP contribution >= 0.6 is 15.9 Å². The SMILES string of the molecule is NC(=O)C[C@H](N)c1occc1Br. The Kier molecular flexibility index (Phi) is 2.88. The highest BCUT2D eigenvalue weighted by Gasteiger charge is 2.15. The maximum atomic E-state index is 10.5. The molecular formula is C7H9BrN2O2. The summed E-state index contributed by atoms with van der Waals surface area (Å²) in [4.78, 5) is 10.5. The number of carbonyl (C=O) groups is 1. The average Bonchev–Trinajstić information content (AvgIpc) is 2.33. The summed E-state index contributed by atoms with van der Waals surface area (Å²) in [6.45, 7) is 0. The Bertz CT molecular complexity index is 285. The van der Waals surface area contributed by atoms with E-state index in [1.165, 1.54) is 6.26 Å². The van der Waals surface area contributed by atoms with Crippen molar-refractivity contribution >= 4 is 21.8 Å². The molecule has 1 atom stereocenters. The average molecular weight is 233 g/mol. The van der Waals surface area contributed by atoms with Crippen molar-refractivity contribution in [2.45, 2.75) is 12.5 Å². The molecule has 0 unspecified atom stereocenters. The first-order valence-electron chi connectivity index (χ1n) is 3.38. The van der Waals surface area contributed by atoms with Crippen LogP contribution in [-0.2, 0) is 4.79 Å². The normalized spacial score (nSPS) is 12.8. The van der Waals surface area contributed by atoms with Gasteiger partial charge >= 0.3 is 0 Å². The minimum absolute atomic E-state index is 0.0894. The van der Waals surface area contributed by atoms with Crippen molar-refractivity contribution in [3.8, 4) is 0 Å². The fourth-order valence-corrected chi connectivity index (χ4v) is 1.37. The molecule has 1 aromatic heterocycles. The van der Waals surface area contributed by atoms with Gasteiger partial charge in [-0.1, -0.05) is 0 Å². The van der Waals surface area contributed by atoms with Crippen molar-refractivity contribution in [2.24, 2.45) is 11.5 Å². The summed E-state index contributed by atoms with van der Waals surface area (Å²) < 4.78 is 5.81. The molecule has 5 heteroatoms. The van der Waals surface area contributed by atoms with Crippen molar-refractivity contribution in [2.75, 3.05) is 0 Å². The third-order valence-corrected chi connectivity index (χ3v) is 2.06. The van der Waals surface area contributed by atoms with Crippen molar-refractivity contribution < 1.29 is 9.21 Å². The second-order valence-corrected chi connectivity index (χ2v) is 3.26. The third kappa shape index (κ3) is 2.09. The first kappa shape index (κ1) is 9.28. The van der Waals surface area contributed by atoms with Crippen LogP contribution in [0.1, 0.15) is 18.2 Å². The van der Waals surface area contributed by atoms with Gasteiger partial charge < -0.3 is 15.9 Å². The van der Waals surface area contributed by atoms with Gasteiger partial charge in [-0.3, -0.25) is 4.79 Å². The molecule has 1 heterocycles. The minimum atomic E-state index is -0.466. The van der Waals surface area contributed by atoms with Crippen LogP contribution in [0.2, 0.25) is 0 Å². The van der Waals surface area contributed by atoms with E-state index in [0.717, 1.165) is 4.47 Å². The zero-order valence-corrected chi connectivity index (χ0v) is 7.87. The van der Waals surface area contributed by atoms with E-state index in [2.05, 4.69) is 15.9 Å². The van der Waals surface area contributed by atoms with Crippen LogP contribution < -0.4 is 11.5 Å². The molecule has 0 radical (unpaired) electrons. The van der Waals surface area contributed by atoms with Gasteiger partial charge in [-0.05, 0) is 22.0 Å². The molecule has 0 fully saturated rings. The van der Waals surface area contributed by atoms with Gasteiger partial charge in [0.05, 0.1) is 16.8 Å². The molecule has 0 spiro atoms. The maximum absolute atomic E-state index is 10.5. The maximum Gasteiger partial charge on any atom is 0.219 e. The van der Waals surface area contributed by atoms with Gasteiger partial charge in [-0.2, -0.15) is 0 Å². The van der Waals surface area contributed by atoms with Crippen LogP contribution in [0.3, 0.4) is 0 Å². The minimum Gasteiger partial charge on any atom is -0.466 e. The first-order chi connectivity index (χ1) is 5.61. The quantitative estimate of drug-likeness (QED) is 0.814. The fraction of sp³-hybridized carbons (Fsp3) is 0.286. The molecular weight excluding hydrogens is 224 g/mol. The Morgan fingerprint density at radius 2 is 2.42 bits per heavy atom. The monoisotopic (exact) mass is 232 g/mol. The number of nitrogens with two attached hydrogens (primary N) is 2. The standard InChI is InChI=1S/C7H9BrN2O2/c8-4-1-2-12-7(4)5(9)3-6(10)11/h1-2,5H,3,9H2,(H2,10,11)/t5-/m0/s1. The van der Waals surface area contributed by atoms with E-state index in [1.54, 1.807) is 6.07 Å². The Morgan fingerprint density at radius 3 is 2.83 bits per heavy atom. The number of halogens is 1. The molecule has 0 aromatic carbocycles. The Balaban J connectivity index is 2.71. The number of furan rings is 1. The summed E-state index contributed by atoms with van der Waals surface area (Å²) in [6.07, 6.45) is 1.59. The second kappa shape index (κ2) is 3.73.